The van der Waals surface area contributed by atoms with Crippen molar-refractivity contribution in [2.45, 2.75) is 18.2 Å². The normalized spacial score (nSPS) is 15.2. The molecule has 0 aromatic heterocycles. The Morgan fingerprint density at radius 1 is 1.21 bits per heavy atom. The summed E-state index contributed by atoms with van der Waals surface area (Å²) in [6, 6.07) is 7.80. The lowest BCUT2D eigenvalue weighted by molar-refractivity contribution is -0.116. The molecule has 1 aromatic carbocycles. The predicted molar refractivity (Wildman–Crippen MR) is 96.5 cm³/mol. The number of ether oxygens (including phenoxy) is 1. The van der Waals surface area contributed by atoms with E-state index >= 15 is 0 Å². The summed E-state index contributed by atoms with van der Waals surface area (Å²) in [5, 5.41) is 2.97. The van der Waals surface area contributed by atoms with E-state index in [-0.39, 0.29) is 12.0 Å². The largest absolute Gasteiger partial charge is 0.450 e. The van der Waals surface area contributed by atoms with Gasteiger partial charge in [-0.15, -0.1) is 11.8 Å². The minimum Gasteiger partial charge on any atom is -0.450 e. The van der Waals surface area contributed by atoms with E-state index in [1.54, 1.807) is 16.7 Å². The molecule has 0 unspecified atom stereocenters. The molecule has 1 fully saturated rings. The zero-order valence-electron chi connectivity index (χ0n) is 14.3. The van der Waals surface area contributed by atoms with Crippen molar-refractivity contribution in [1.29, 1.82) is 0 Å². The summed E-state index contributed by atoms with van der Waals surface area (Å²) >= 11 is 1.62. The predicted octanol–water partition coefficient (Wildman–Crippen LogP) is 2.51. The highest BCUT2D eigenvalue weighted by Crippen LogP contribution is 2.24. The molecule has 6 nitrogen and oxygen atoms in total. The average Bonchev–Trinajstić information content (AvgIpc) is 2.61. The van der Waals surface area contributed by atoms with Crippen LogP contribution in [-0.2, 0) is 9.53 Å². The zero-order valence-corrected chi connectivity index (χ0v) is 15.1. The lowest BCUT2D eigenvalue weighted by Crippen LogP contribution is -2.49. The van der Waals surface area contributed by atoms with Gasteiger partial charge in [-0.25, -0.2) is 4.79 Å². The first-order chi connectivity index (χ1) is 11.6. The Hall–Kier alpha value is -1.73. The molecule has 1 heterocycles. The Balaban J connectivity index is 1.72. The van der Waals surface area contributed by atoms with Gasteiger partial charge in [0.05, 0.1) is 12.3 Å². The number of piperazine rings is 1. The van der Waals surface area contributed by atoms with Gasteiger partial charge in [-0.3, -0.25) is 9.69 Å². The molecule has 1 aliphatic rings. The van der Waals surface area contributed by atoms with Crippen LogP contribution in [0.5, 0.6) is 0 Å². The van der Waals surface area contributed by atoms with Gasteiger partial charge in [0.25, 0.3) is 0 Å². The summed E-state index contributed by atoms with van der Waals surface area (Å²) in [5.41, 5.74) is 0.863. The highest BCUT2D eigenvalue weighted by atomic mass is 32.2. The molecule has 2 rings (SSSR count). The fourth-order valence-corrected chi connectivity index (χ4v) is 3.14. The molecule has 1 aromatic rings. The van der Waals surface area contributed by atoms with Gasteiger partial charge < -0.3 is 15.0 Å². The summed E-state index contributed by atoms with van der Waals surface area (Å²) < 4.78 is 5.01. The van der Waals surface area contributed by atoms with Crippen LogP contribution in [0.2, 0.25) is 0 Å². The Bertz CT molecular complexity index is 560. The first-order valence-electron chi connectivity index (χ1n) is 8.21. The maximum Gasteiger partial charge on any atom is 0.409 e. The number of thioether (sulfide) groups is 1. The maximum absolute atomic E-state index is 12.1. The van der Waals surface area contributed by atoms with E-state index in [1.807, 2.05) is 37.4 Å². The van der Waals surface area contributed by atoms with Crippen molar-refractivity contribution in [1.82, 2.24) is 9.80 Å². The Morgan fingerprint density at radius 2 is 1.92 bits per heavy atom. The zero-order chi connectivity index (χ0) is 17.4. The molecule has 0 spiro atoms. The first kappa shape index (κ1) is 18.6. The first-order valence-corrected chi connectivity index (χ1v) is 9.43. The van der Waals surface area contributed by atoms with E-state index in [9.17, 15) is 9.59 Å². The average molecular weight is 351 g/mol. The second-order valence-electron chi connectivity index (χ2n) is 5.53. The van der Waals surface area contributed by atoms with Gasteiger partial charge in [0.2, 0.25) is 5.91 Å². The topological polar surface area (TPSA) is 61.9 Å². The molecule has 0 atom stereocenters. The van der Waals surface area contributed by atoms with Crippen molar-refractivity contribution in [3.63, 3.8) is 0 Å². The standard InChI is InChI=1S/C17H25N3O3S/c1-3-23-17(22)20-12-10-19(11-13-20)9-8-16(21)18-14-6-4-5-7-15(14)24-2/h4-7H,3,8-13H2,1-2H3,(H,18,21). The summed E-state index contributed by atoms with van der Waals surface area (Å²) in [5.74, 6) is 0.0179. The maximum atomic E-state index is 12.1. The molecule has 1 N–H and O–H groups in total. The number of anilines is 1. The van der Waals surface area contributed by atoms with Crippen LogP contribution in [0.25, 0.3) is 0 Å². The molecule has 132 valence electrons. The van der Waals surface area contributed by atoms with E-state index in [2.05, 4.69) is 10.2 Å². The highest BCUT2D eigenvalue weighted by Gasteiger charge is 2.22. The van der Waals surface area contributed by atoms with E-state index in [4.69, 9.17) is 4.74 Å². The van der Waals surface area contributed by atoms with Crippen molar-refractivity contribution in [3.05, 3.63) is 24.3 Å². The number of carbonyl (C=O) groups excluding carboxylic acids is 2. The molecule has 0 aliphatic carbocycles. The number of hydrogen-bond acceptors (Lipinski definition) is 5. The van der Waals surface area contributed by atoms with Crippen molar-refractivity contribution in [2.24, 2.45) is 0 Å². The molecule has 0 radical (unpaired) electrons. The Kier molecular flexibility index (Phi) is 7.39. The summed E-state index contributed by atoms with van der Waals surface area (Å²) in [6.07, 6.45) is 2.19. The number of rotatable bonds is 6. The van der Waals surface area contributed by atoms with Crippen LogP contribution >= 0.6 is 11.8 Å². The molecule has 7 heteroatoms. The second kappa shape index (κ2) is 9.54. The van der Waals surface area contributed by atoms with Crippen LogP contribution in [0.15, 0.2) is 29.2 Å². The van der Waals surface area contributed by atoms with Crippen LogP contribution in [0.1, 0.15) is 13.3 Å². The third-order valence-electron chi connectivity index (χ3n) is 3.93. The van der Waals surface area contributed by atoms with E-state index < -0.39 is 0 Å². The van der Waals surface area contributed by atoms with Gasteiger partial charge in [-0.1, -0.05) is 12.1 Å². The van der Waals surface area contributed by atoms with Crippen molar-refractivity contribution >= 4 is 29.4 Å². The minimum absolute atomic E-state index is 0.0179. The summed E-state index contributed by atoms with van der Waals surface area (Å²) in [7, 11) is 0. The third-order valence-corrected chi connectivity index (χ3v) is 4.73. The number of carbonyl (C=O) groups is 2. The third kappa shape index (κ3) is 5.42. The van der Waals surface area contributed by atoms with Crippen molar-refractivity contribution < 1.29 is 14.3 Å². The van der Waals surface area contributed by atoms with Gasteiger partial charge >= 0.3 is 6.09 Å². The highest BCUT2D eigenvalue weighted by molar-refractivity contribution is 7.98. The molecule has 1 aliphatic heterocycles. The lowest BCUT2D eigenvalue weighted by atomic mass is 10.2. The van der Waals surface area contributed by atoms with Gasteiger partial charge in [0.15, 0.2) is 0 Å². The van der Waals surface area contributed by atoms with E-state index in [1.165, 1.54) is 0 Å². The van der Waals surface area contributed by atoms with Crippen LogP contribution in [0.4, 0.5) is 10.5 Å². The monoisotopic (exact) mass is 351 g/mol. The van der Waals surface area contributed by atoms with Crippen LogP contribution in [-0.4, -0.2) is 67.4 Å². The minimum atomic E-state index is -0.247. The smallest absolute Gasteiger partial charge is 0.409 e. The van der Waals surface area contributed by atoms with Gasteiger partial charge in [-0.2, -0.15) is 0 Å². The van der Waals surface area contributed by atoms with Crippen molar-refractivity contribution in [3.8, 4) is 0 Å². The van der Waals surface area contributed by atoms with Crippen LogP contribution < -0.4 is 5.32 Å². The molecular formula is C17H25N3O3S. The van der Waals surface area contributed by atoms with Crippen LogP contribution in [0, 0.1) is 0 Å². The summed E-state index contributed by atoms with van der Waals surface area (Å²) in [6.45, 7) is 5.75. The fraction of sp³-hybridized carbons (Fsp3) is 0.529. The molecule has 2 amide bonds. The van der Waals surface area contributed by atoms with Crippen molar-refractivity contribution in [2.75, 3.05) is 50.9 Å². The number of nitrogens with zero attached hydrogens (tertiary/aromatic N) is 2. The molecular weight excluding hydrogens is 326 g/mol. The lowest BCUT2D eigenvalue weighted by Gasteiger charge is -2.33. The number of hydrogen-bond donors (Lipinski definition) is 1. The SMILES string of the molecule is CCOC(=O)N1CCN(CCC(=O)Nc2ccccc2SC)CC1. The Morgan fingerprint density at radius 3 is 2.58 bits per heavy atom. The molecule has 1 saturated heterocycles. The number of amides is 2. The quantitative estimate of drug-likeness (QED) is 0.798. The number of nitrogens with one attached hydrogen (secondary N) is 1. The summed E-state index contributed by atoms with van der Waals surface area (Å²) in [4.78, 5) is 28.8. The van der Waals surface area contributed by atoms with Crippen LogP contribution in [0.3, 0.4) is 0 Å². The van der Waals surface area contributed by atoms with Gasteiger partial charge in [-0.05, 0) is 25.3 Å². The van der Waals surface area contributed by atoms with E-state index in [0.29, 0.717) is 32.7 Å². The van der Waals surface area contributed by atoms with Gasteiger partial charge in [0, 0.05) is 44.0 Å². The number of benzene rings is 1. The fourth-order valence-electron chi connectivity index (χ4n) is 2.59. The Labute approximate surface area is 147 Å². The molecule has 0 saturated carbocycles. The van der Waals surface area contributed by atoms with Gasteiger partial charge in [0.1, 0.15) is 0 Å². The molecule has 0 bridgehead atoms. The number of para-hydroxylation sites is 1. The van der Waals surface area contributed by atoms with E-state index in [0.717, 1.165) is 23.7 Å². The molecule has 24 heavy (non-hydrogen) atoms. The second-order valence-corrected chi connectivity index (χ2v) is 6.37.